The van der Waals surface area contributed by atoms with Gasteiger partial charge in [0.25, 0.3) is 0 Å². The maximum absolute atomic E-state index is 12.5. The third-order valence-electron chi connectivity index (χ3n) is 3.17. The van der Waals surface area contributed by atoms with E-state index in [1.54, 1.807) is 31.2 Å². The maximum atomic E-state index is 12.5. The first-order valence-corrected chi connectivity index (χ1v) is 8.65. The Morgan fingerprint density at radius 1 is 1.29 bits per heavy atom. The SMILES string of the molecule is CCOc1ccc(Nc2ccc(C#N)cn2)cc1S(=O)(=O)N(C)C. The zero-order valence-electron chi connectivity index (χ0n) is 13.6. The smallest absolute Gasteiger partial charge is 0.246 e. The second kappa shape index (κ2) is 7.29. The number of benzene rings is 1. The minimum atomic E-state index is -3.65. The first-order valence-electron chi connectivity index (χ1n) is 7.21. The van der Waals surface area contributed by atoms with Gasteiger partial charge in [-0.15, -0.1) is 0 Å². The fraction of sp³-hybridized carbons (Fsp3) is 0.250. The standard InChI is InChI=1S/C16H18N4O3S/c1-4-23-14-7-6-13(9-15(14)24(21,22)20(2)3)19-16-8-5-12(10-17)11-18-16/h5-9,11H,4H2,1-3H3,(H,18,19). The molecule has 1 heterocycles. The quantitative estimate of drug-likeness (QED) is 0.862. The van der Waals surface area contributed by atoms with Gasteiger partial charge in [-0.1, -0.05) is 0 Å². The topological polar surface area (TPSA) is 95.3 Å². The van der Waals surface area contributed by atoms with Crippen molar-refractivity contribution in [2.24, 2.45) is 0 Å². The molecule has 1 N–H and O–H groups in total. The average Bonchev–Trinajstić information content (AvgIpc) is 2.57. The Labute approximate surface area is 141 Å². The van der Waals surface area contributed by atoms with Crippen LogP contribution in [0.4, 0.5) is 11.5 Å². The van der Waals surface area contributed by atoms with E-state index >= 15 is 0 Å². The van der Waals surface area contributed by atoms with Crippen molar-refractivity contribution in [2.75, 3.05) is 26.0 Å². The monoisotopic (exact) mass is 346 g/mol. The Kier molecular flexibility index (Phi) is 5.39. The molecule has 0 atom stereocenters. The summed E-state index contributed by atoms with van der Waals surface area (Å²) in [6, 6.07) is 10.1. The Morgan fingerprint density at radius 3 is 2.58 bits per heavy atom. The number of nitriles is 1. The Hall–Kier alpha value is -2.63. The summed E-state index contributed by atoms with van der Waals surface area (Å²) in [4.78, 5) is 4.18. The van der Waals surface area contributed by atoms with E-state index in [1.807, 2.05) is 6.07 Å². The minimum Gasteiger partial charge on any atom is -0.492 e. The fourth-order valence-corrected chi connectivity index (χ4v) is 2.99. The van der Waals surface area contributed by atoms with Crippen molar-refractivity contribution in [3.63, 3.8) is 0 Å². The van der Waals surface area contributed by atoms with Crippen LogP contribution in [0, 0.1) is 11.3 Å². The summed E-state index contributed by atoms with van der Waals surface area (Å²) >= 11 is 0. The maximum Gasteiger partial charge on any atom is 0.246 e. The molecule has 0 aliphatic rings. The van der Waals surface area contributed by atoms with Crippen LogP contribution in [0.25, 0.3) is 0 Å². The van der Waals surface area contributed by atoms with Gasteiger partial charge in [0.2, 0.25) is 10.0 Å². The molecule has 2 rings (SSSR count). The van der Waals surface area contributed by atoms with Crippen LogP contribution in [0.5, 0.6) is 5.75 Å². The lowest BCUT2D eigenvalue weighted by molar-refractivity contribution is 0.330. The molecule has 24 heavy (non-hydrogen) atoms. The highest BCUT2D eigenvalue weighted by Crippen LogP contribution is 2.30. The molecule has 0 saturated heterocycles. The fourth-order valence-electron chi connectivity index (χ4n) is 1.94. The van der Waals surface area contributed by atoms with Crippen LogP contribution in [0.3, 0.4) is 0 Å². The number of hydrogen-bond acceptors (Lipinski definition) is 6. The lowest BCUT2D eigenvalue weighted by Crippen LogP contribution is -2.23. The predicted octanol–water partition coefficient (Wildman–Crippen LogP) is 2.35. The van der Waals surface area contributed by atoms with E-state index < -0.39 is 10.0 Å². The van der Waals surface area contributed by atoms with E-state index in [9.17, 15) is 8.42 Å². The zero-order chi connectivity index (χ0) is 17.7. The number of rotatable bonds is 6. The van der Waals surface area contributed by atoms with Crippen molar-refractivity contribution in [3.05, 3.63) is 42.1 Å². The summed E-state index contributed by atoms with van der Waals surface area (Å²) in [6.07, 6.45) is 1.44. The number of anilines is 2. The van der Waals surface area contributed by atoms with Crippen molar-refractivity contribution >= 4 is 21.5 Å². The van der Waals surface area contributed by atoms with Crippen molar-refractivity contribution in [1.29, 1.82) is 5.26 Å². The Balaban J connectivity index is 2.40. The van der Waals surface area contributed by atoms with Gasteiger partial charge < -0.3 is 10.1 Å². The van der Waals surface area contributed by atoms with E-state index in [2.05, 4.69) is 10.3 Å². The second-order valence-electron chi connectivity index (χ2n) is 5.05. The largest absolute Gasteiger partial charge is 0.492 e. The van der Waals surface area contributed by atoms with Gasteiger partial charge in [0, 0.05) is 26.0 Å². The number of pyridine rings is 1. The summed E-state index contributed by atoms with van der Waals surface area (Å²) in [5, 5.41) is 11.8. The molecule has 0 saturated carbocycles. The summed E-state index contributed by atoms with van der Waals surface area (Å²) in [5.41, 5.74) is 0.999. The van der Waals surface area contributed by atoms with E-state index in [0.29, 0.717) is 29.4 Å². The van der Waals surface area contributed by atoms with Crippen LogP contribution in [-0.4, -0.2) is 38.4 Å². The summed E-state index contributed by atoms with van der Waals surface area (Å²) < 4.78 is 31.5. The van der Waals surface area contributed by atoms with Gasteiger partial charge in [-0.3, -0.25) is 0 Å². The summed E-state index contributed by atoms with van der Waals surface area (Å²) in [5.74, 6) is 0.802. The minimum absolute atomic E-state index is 0.0768. The van der Waals surface area contributed by atoms with Crippen molar-refractivity contribution < 1.29 is 13.2 Å². The summed E-state index contributed by atoms with van der Waals surface area (Å²) in [7, 11) is -0.719. The molecular formula is C16H18N4O3S. The number of nitrogens with zero attached hydrogens (tertiary/aromatic N) is 3. The van der Waals surface area contributed by atoms with E-state index in [4.69, 9.17) is 10.00 Å². The molecule has 1 aromatic heterocycles. The highest BCUT2D eigenvalue weighted by Gasteiger charge is 2.23. The van der Waals surface area contributed by atoms with Gasteiger partial charge >= 0.3 is 0 Å². The molecule has 0 amide bonds. The molecular weight excluding hydrogens is 328 g/mol. The molecule has 2 aromatic rings. The van der Waals surface area contributed by atoms with Crippen LogP contribution < -0.4 is 10.1 Å². The van der Waals surface area contributed by atoms with Gasteiger partial charge in [-0.05, 0) is 37.3 Å². The van der Waals surface area contributed by atoms with Gasteiger partial charge in [0.1, 0.15) is 22.5 Å². The van der Waals surface area contributed by atoms with Crippen LogP contribution in [0.2, 0.25) is 0 Å². The molecule has 0 spiro atoms. The summed E-state index contributed by atoms with van der Waals surface area (Å²) in [6.45, 7) is 2.15. The molecule has 0 radical (unpaired) electrons. The number of ether oxygens (including phenoxy) is 1. The van der Waals surface area contributed by atoms with Crippen molar-refractivity contribution in [1.82, 2.24) is 9.29 Å². The molecule has 8 heteroatoms. The average molecular weight is 346 g/mol. The molecule has 0 unspecified atom stereocenters. The molecule has 0 aliphatic carbocycles. The lowest BCUT2D eigenvalue weighted by Gasteiger charge is -2.16. The first kappa shape index (κ1) is 17.7. The number of sulfonamides is 1. The van der Waals surface area contributed by atoms with E-state index in [-0.39, 0.29) is 4.90 Å². The van der Waals surface area contributed by atoms with Crippen molar-refractivity contribution in [3.8, 4) is 11.8 Å². The molecule has 126 valence electrons. The predicted molar refractivity (Wildman–Crippen MR) is 90.7 cm³/mol. The molecule has 0 bridgehead atoms. The van der Waals surface area contributed by atoms with Gasteiger partial charge in [0.15, 0.2) is 0 Å². The van der Waals surface area contributed by atoms with Crippen LogP contribution in [-0.2, 0) is 10.0 Å². The van der Waals surface area contributed by atoms with E-state index in [0.717, 1.165) is 4.31 Å². The number of hydrogen-bond donors (Lipinski definition) is 1. The van der Waals surface area contributed by atoms with Crippen LogP contribution >= 0.6 is 0 Å². The first-order chi connectivity index (χ1) is 11.4. The highest BCUT2D eigenvalue weighted by molar-refractivity contribution is 7.89. The Bertz CT molecular complexity index is 856. The number of nitrogens with one attached hydrogen (secondary N) is 1. The molecule has 0 fully saturated rings. The van der Waals surface area contributed by atoms with Gasteiger partial charge in [-0.25, -0.2) is 17.7 Å². The lowest BCUT2D eigenvalue weighted by atomic mass is 10.3. The van der Waals surface area contributed by atoms with Crippen LogP contribution in [0.15, 0.2) is 41.4 Å². The normalized spacial score (nSPS) is 11.1. The van der Waals surface area contributed by atoms with Crippen molar-refractivity contribution in [2.45, 2.75) is 11.8 Å². The Morgan fingerprint density at radius 2 is 2.04 bits per heavy atom. The van der Waals surface area contributed by atoms with Gasteiger partial charge in [-0.2, -0.15) is 5.26 Å². The number of aromatic nitrogens is 1. The molecule has 7 nitrogen and oxygen atoms in total. The molecule has 0 aliphatic heterocycles. The molecule has 1 aromatic carbocycles. The third kappa shape index (κ3) is 3.82. The second-order valence-corrected chi connectivity index (χ2v) is 7.17. The van der Waals surface area contributed by atoms with E-state index in [1.165, 1.54) is 26.4 Å². The highest BCUT2D eigenvalue weighted by atomic mass is 32.2. The van der Waals surface area contributed by atoms with Gasteiger partial charge in [0.05, 0.1) is 12.2 Å². The third-order valence-corrected chi connectivity index (χ3v) is 5.00. The van der Waals surface area contributed by atoms with Crippen LogP contribution in [0.1, 0.15) is 12.5 Å². The zero-order valence-corrected chi connectivity index (χ0v) is 14.5.